The summed E-state index contributed by atoms with van der Waals surface area (Å²) in [6, 6.07) is 21.9. The van der Waals surface area contributed by atoms with Gasteiger partial charge in [-0.15, -0.1) is 0 Å². The maximum absolute atomic E-state index is 14.4. The Bertz CT molecular complexity index is 1460. The molecule has 4 heterocycles. The van der Waals surface area contributed by atoms with Gasteiger partial charge in [0.2, 0.25) is 11.8 Å². The Morgan fingerprint density at radius 2 is 1.76 bits per heavy atom. The van der Waals surface area contributed by atoms with E-state index in [9.17, 15) is 9.59 Å². The molecule has 236 valence electrons. The second kappa shape index (κ2) is 13.9. The minimum absolute atomic E-state index is 0.000651. The highest BCUT2D eigenvalue weighted by Crippen LogP contribution is 2.33. The van der Waals surface area contributed by atoms with Crippen molar-refractivity contribution in [2.45, 2.75) is 31.0 Å². The van der Waals surface area contributed by atoms with Gasteiger partial charge in [0.05, 0.1) is 25.8 Å². The van der Waals surface area contributed by atoms with E-state index in [-0.39, 0.29) is 30.9 Å². The number of nitrogens with one attached hydrogen (secondary N) is 2. The Morgan fingerprint density at radius 3 is 2.44 bits per heavy atom. The number of pyridine rings is 1. The SMILES string of the molecule is CN1CCC(C(=O)Nc2ccc(N3CCOCC3)cc2)(N(Cc2cccnc2)C(=O)CN2CC(c3ccccc3)NC2=S)CC1. The molecule has 1 unspecified atom stereocenters. The van der Waals surface area contributed by atoms with Crippen LogP contribution >= 0.6 is 12.2 Å². The number of aromatic nitrogens is 1. The van der Waals surface area contributed by atoms with Crippen molar-refractivity contribution < 1.29 is 14.3 Å². The monoisotopic (exact) mass is 627 g/mol. The summed E-state index contributed by atoms with van der Waals surface area (Å²) in [5, 5.41) is 7.10. The molecule has 45 heavy (non-hydrogen) atoms. The van der Waals surface area contributed by atoms with Gasteiger partial charge in [-0.2, -0.15) is 0 Å². The van der Waals surface area contributed by atoms with Crippen LogP contribution in [-0.4, -0.2) is 102 Å². The summed E-state index contributed by atoms with van der Waals surface area (Å²) in [4.78, 5) is 41.3. The maximum atomic E-state index is 14.4. The zero-order chi connectivity index (χ0) is 31.2. The van der Waals surface area contributed by atoms with Crippen LogP contribution in [0.4, 0.5) is 11.4 Å². The summed E-state index contributed by atoms with van der Waals surface area (Å²) in [6.07, 6.45) is 4.51. The molecule has 0 radical (unpaired) electrons. The average Bonchev–Trinajstić information content (AvgIpc) is 3.45. The van der Waals surface area contributed by atoms with Crippen molar-refractivity contribution in [2.24, 2.45) is 0 Å². The minimum atomic E-state index is -1.05. The van der Waals surface area contributed by atoms with Crippen LogP contribution < -0.4 is 15.5 Å². The summed E-state index contributed by atoms with van der Waals surface area (Å²) < 4.78 is 5.49. The van der Waals surface area contributed by atoms with Crippen molar-refractivity contribution in [2.75, 3.05) is 69.7 Å². The van der Waals surface area contributed by atoms with E-state index in [0.29, 0.717) is 56.5 Å². The Hall–Kier alpha value is -4.06. The number of amides is 2. The van der Waals surface area contributed by atoms with Crippen molar-refractivity contribution in [1.82, 2.24) is 25.0 Å². The summed E-state index contributed by atoms with van der Waals surface area (Å²) in [7, 11) is 2.05. The van der Waals surface area contributed by atoms with Crippen molar-refractivity contribution in [3.8, 4) is 0 Å². The van der Waals surface area contributed by atoms with Gasteiger partial charge < -0.3 is 35.0 Å². The molecule has 3 aromatic rings. The highest BCUT2D eigenvalue weighted by Gasteiger charge is 2.48. The van der Waals surface area contributed by atoms with E-state index in [0.717, 1.165) is 29.9 Å². The number of rotatable bonds is 9. The molecule has 3 aliphatic rings. The predicted molar refractivity (Wildman–Crippen MR) is 179 cm³/mol. The summed E-state index contributed by atoms with van der Waals surface area (Å²) >= 11 is 5.69. The zero-order valence-electron chi connectivity index (χ0n) is 25.7. The van der Waals surface area contributed by atoms with Crippen LogP contribution in [0.25, 0.3) is 0 Å². The van der Waals surface area contributed by atoms with Crippen LogP contribution in [0, 0.1) is 0 Å². The first-order valence-electron chi connectivity index (χ1n) is 15.6. The minimum Gasteiger partial charge on any atom is -0.378 e. The highest BCUT2D eigenvalue weighted by molar-refractivity contribution is 7.80. The number of ether oxygens (including phenoxy) is 1. The molecule has 3 fully saturated rings. The van der Waals surface area contributed by atoms with Gasteiger partial charge in [0, 0.05) is 63.0 Å². The molecule has 0 aliphatic carbocycles. The van der Waals surface area contributed by atoms with Gasteiger partial charge in [-0.1, -0.05) is 36.4 Å². The Balaban J connectivity index is 1.25. The standard InChI is InChI=1S/C34H41N7O3S/c1-38-16-13-34(14-17-38,32(43)36-28-9-11-29(12-10-28)39-18-20-44-21-19-39)41(23-26-6-5-15-35-22-26)31(42)25-40-24-30(37-33(40)45)27-7-3-2-4-8-27/h2-12,15,22,30H,13-14,16-21,23-25H2,1H3,(H,36,43)(H,37,45). The third kappa shape index (κ3) is 7.11. The largest absolute Gasteiger partial charge is 0.378 e. The van der Waals surface area contributed by atoms with Gasteiger partial charge in [0.1, 0.15) is 5.54 Å². The molecule has 0 spiro atoms. The van der Waals surface area contributed by atoms with E-state index in [1.54, 1.807) is 17.3 Å². The first-order valence-corrected chi connectivity index (χ1v) is 16.0. The summed E-state index contributed by atoms with van der Waals surface area (Å²) in [5.74, 6) is -0.310. The lowest BCUT2D eigenvalue weighted by atomic mass is 9.83. The third-order valence-electron chi connectivity index (χ3n) is 9.14. The Labute approximate surface area is 270 Å². The van der Waals surface area contributed by atoms with Gasteiger partial charge in [-0.25, -0.2) is 0 Å². The average molecular weight is 628 g/mol. The lowest BCUT2D eigenvalue weighted by Gasteiger charge is -2.47. The molecule has 2 N–H and O–H groups in total. The normalized spacial score (nSPS) is 20.0. The number of piperidine rings is 1. The van der Waals surface area contributed by atoms with Gasteiger partial charge in [0.25, 0.3) is 0 Å². The van der Waals surface area contributed by atoms with Gasteiger partial charge in [-0.05, 0) is 73.6 Å². The molecule has 0 saturated carbocycles. The predicted octanol–water partition coefficient (Wildman–Crippen LogP) is 3.28. The zero-order valence-corrected chi connectivity index (χ0v) is 26.5. The van der Waals surface area contributed by atoms with E-state index >= 15 is 0 Å². The lowest BCUT2D eigenvalue weighted by molar-refractivity contribution is -0.149. The van der Waals surface area contributed by atoms with Crippen LogP contribution in [-0.2, 0) is 20.9 Å². The number of hydrogen-bond donors (Lipinski definition) is 2. The highest BCUT2D eigenvalue weighted by atomic mass is 32.1. The van der Waals surface area contributed by atoms with Gasteiger partial charge in [-0.3, -0.25) is 14.6 Å². The quantitative estimate of drug-likeness (QED) is 0.347. The topological polar surface area (TPSA) is 93.3 Å². The fourth-order valence-corrected chi connectivity index (χ4v) is 6.71. The molecule has 10 nitrogen and oxygen atoms in total. The number of likely N-dealkylation sites (tertiary alicyclic amines) is 1. The van der Waals surface area contributed by atoms with Crippen molar-refractivity contribution in [3.63, 3.8) is 0 Å². The number of thiocarbonyl (C=S) groups is 1. The number of nitrogens with zero attached hydrogens (tertiary/aromatic N) is 5. The molecule has 3 saturated heterocycles. The lowest BCUT2D eigenvalue weighted by Crippen LogP contribution is -2.64. The Kier molecular flexibility index (Phi) is 9.58. The van der Waals surface area contributed by atoms with E-state index in [4.69, 9.17) is 17.0 Å². The first-order chi connectivity index (χ1) is 21.9. The van der Waals surface area contributed by atoms with Crippen LogP contribution in [0.2, 0.25) is 0 Å². The number of carbonyl (C=O) groups excluding carboxylic acids is 2. The summed E-state index contributed by atoms with van der Waals surface area (Å²) in [5.41, 5.74) is 2.75. The molecular formula is C34H41N7O3S. The molecule has 11 heteroatoms. The fourth-order valence-electron chi connectivity index (χ4n) is 6.43. The number of hydrogen-bond acceptors (Lipinski definition) is 7. The van der Waals surface area contributed by atoms with Gasteiger partial charge >= 0.3 is 0 Å². The second-order valence-corrected chi connectivity index (χ2v) is 12.5. The van der Waals surface area contributed by atoms with E-state index in [1.165, 1.54) is 0 Å². The van der Waals surface area contributed by atoms with Crippen molar-refractivity contribution >= 4 is 40.5 Å². The molecule has 2 aromatic carbocycles. The van der Waals surface area contributed by atoms with Crippen molar-refractivity contribution in [1.29, 1.82) is 0 Å². The first kappa shape index (κ1) is 30.9. The molecular weight excluding hydrogens is 586 g/mol. The molecule has 6 rings (SSSR count). The van der Waals surface area contributed by atoms with Crippen LogP contribution in [0.15, 0.2) is 79.1 Å². The number of morpholine rings is 1. The van der Waals surface area contributed by atoms with Gasteiger partial charge in [0.15, 0.2) is 5.11 Å². The number of anilines is 2. The number of benzene rings is 2. The van der Waals surface area contributed by atoms with Crippen LogP contribution in [0.1, 0.15) is 30.0 Å². The maximum Gasteiger partial charge on any atom is 0.250 e. The van der Waals surface area contributed by atoms with Crippen LogP contribution in [0.5, 0.6) is 0 Å². The molecule has 3 aliphatic heterocycles. The molecule has 1 aromatic heterocycles. The number of carbonyl (C=O) groups is 2. The molecule has 1 atom stereocenters. The van der Waals surface area contributed by atoms with E-state index < -0.39 is 5.54 Å². The van der Waals surface area contributed by atoms with Crippen molar-refractivity contribution in [3.05, 3.63) is 90.3 Å². The van der Waals surface area contributed by atoms with E-state index in [2.05, 4.69) is 44.6 Å². The fraction of sp³-hybridized carbons (Fsp3) is 0.412. The summed E-state index contributed by atoms with van der Waals surface area (Å²) in [6.45, 7) is 5.42. The molecule has 0 bridgehead atoms. The Morgan fingerprint density at radius 1 is 1.02 bits per heavy atom. The smallest absolute Gasteiger partial charge is 0.250 e. The second-order valence-electron chi connectivity index (χ2n) is 12.1. The third-order valence-corrected chi connectivity index (χ3v) is 9.51. The molecule has 2 amide bonds. The van der Waals surface area contributed by atoms with Crippen LogP contribution in [0.3, 0.4) is 0 Å². The van der Waals surface area contributed by atoms with E-state index in [1.807, 2.05) is 59.5 Å².